The fourth-order valence-electron chi connectivity index (χ4n) is 1.81. The lowest BCUT2D eigenvalue weighted by Gasteiger charge is -2.03. The Kier molecular flexibility index (Phi) is 5.59. The standard InChI is InChI=1S/C11H20N4O2/c1-3-5-6-7-9-14-10(8-4-2)11(12-13-14)15(16)17/h3-9H2,1-2H3. The van der Waals surface area contributed by atoms with Gasteiger partial charge in [0.2, 0.25) is 0 Å². The van der Waals surface area contributed by atoms with Crippen molar-refractivity contribution in [1.29, 1.82) is 0 Å². The molecule has 0 bridgehead atoms. The van der Waals surface area contributed by atoms with Crippen molar-refractivity contribution < 1.29 is 4.92 Å². The first-order chi connectivity index (χ1) is 8.20. The molecule has 96 valence electrons. The highest BCUT2D eigenvalue weighted by molar-refractivity contribution is 5.24. The van der Waals surface area contributed by atoms with E-state index in [2.05, 4.69) is 17.2 Å². The Labute approximate surface area is 101 Å². The van der Waals surface area contributed by atoms with E-state index in [0.29, 0.717) is 12.1 Å². The van der Waals surface area contributed by atoms with Crippen molar-refractivity contribution in [3.8, 4) is 0 Å². The van der Waals surface area contributed by atoms with Crippen LogP contribution in [0.4, 0.5) is 5.82 Å². The second-order valence-electron chi connectivity index (χ2n) is 4.15. The van der Waals surface area contributed by atoms with E-state index in [0.717, 1.165) is 25.8 Å². The Morgan fingerprint density at radius 1 is 1.24 bits per heavy atom. The third kappa shape index (κ3) is 3.80. The number of nitrogens with zero attached hydrogens (tertiary/aromatic N) is 4. The molecule has 17 heavy (non-hydrogen) atoms. The number of hydrogen-bond donors (Lipinski definition) is 0. The molecular weight excluding hydrogens is 220 g/mol. The maximum absolute atomic E-state index is 10.8. The van der Waals surface area contributed by atoms with Gasteiger partial charge in [0.25, 0.3) is 0 Å². The Morgan fingerprint density at radius 3 is 2.59 bits per heavy atom. The van der Waals surface area contributed by atoms with Crippen LogP contribution in [-0.4, -0.2) is 19.9 Å². The summed E-state index contributed by atoms with van der Waals surface area (Å²) in [7, 11) is 0. The molecule has 0 spiro atoms. The molecule has 6 nitrogen and oxygen atoms in total. The molecule has 0 radical (unpaired) electrons. The van der Waals surface area contributed by atoms with Gasteiger partial charge in [0.1, 0.15) is 10.8 Å². The quantitative estimate of drug-likeness (QED) is 0.398. The highest BCUT2D eigenvalue weighted by Crippen LogP contribution is 2.17. The minimum Gasteiger partial charge on any atom is -0.358 e. The number of rotatable bonds is 8. The molecule has 0 atom stereocenters. The van der Waals surface area contributed by atoms with Crippen LogP contribution in [0, 0.1) is 10.1 Å². The Bertz CT molecular complexity index is 362. The first-order valence-corrected chi connectivity index (χ1v) is 6.27. The lowest BCUT2D eigenvalue weighted by atomic mass is 10.2. The summed E-state index contributed by atoms with van der Waals surface area (Å²) < 4.78 is 1.69. The highest BCUT2D eigenvalue weighted by Gasteiger charge is 2.22. The second kappa shape index (κ2) is 6.98. The average Bonchev–Trinajstić information content (AvgIpc) is 2.69. The molecular formula is C11H20N4O2. The third-order valence-corrected chi connectivity index (χ3v) is 2.70. The van der Waals surface area contributed by atoms with Gasteiger partial charge in [-0.1, -0.05) is 39.5 Å². The zero-order chi connectivity index (χ0) is 12.7. The van der Waals surface area contributed by atoms with Crippen LogP contribution in [0.5, 0.6) is 0 Å². The summed E-state index contributed by atoms with van der Waals surface area (Å²) in [4.78, 5) is 10.3. The summed E-state index contributed by atoms with van der Waals surface area (Å²) >= 11 is 0. The number of nitro groups is 1. The molecule has 0 aliphatic heterocycles. The predicted molar refractivity (Wildman–Crippen MR) is 64.8 cm³/mol. The Morgan fingerprint density at radius 2 is 2.00 bits per heavy atom. The fourth-order valence-corrected chi connectivity index (χ4v) is 1.81. The van der Waals surface area contributed by atoms with Gasteiger partial charge in [-0.05, 0) is 17.8 Å². The van der Waals surface area contributed by atoms with E-state index in [1.54, 1.807) is 4.68 Å². The van der Waals surface area contributed by atoms with E-state index in [-0.39, 0.29) is 5.82 Å². The smallest absolute Gasteiger partial charge is 0.358 e. The van der Waals surface area contributed by atoms with Gasteiger partial charge in [0, 0.05) is 6.54 Å². The molecule has 0 saturated heterocycles. The maximum atomic E-state index is 10.8. The van der Waals surface area contributed by atoms with Crippen LogP contribution in [-0.2, 0) is 13.0 Å². The zero-order valence-corrected chi connectivity index (χ0v) is 10.6. The summed E-state index contributed by atoms with van der Waals surface area (Å²) in [6, 6.07) is 0. The van der Waals surface area contributed by atoms with Crippen molar-refractivity contribution in [2.24, 2.45) is 0 Å². The van der Waals surface area contributed by atoms with Gasteiger partial charge in [-0.2, -0.15) is 0 Å². The molecule has 0 amide bonds. The summed E-state index contributed by atoms with van der Waals surface area (Å²) in [5, 5.41) is 18.3. The molecule has 1 heterocycles. The van der Waals surface area contributed by atoms with Crippen LogP contribution in [0.25, 0.3) is 0 Å². The largest absolute Gasteiger partial charge is 0.413 e. The van der Waals surface area contributed by atoms with Crippen LogP contribution < -0.4 is 0 Å². The first-order valence-electron chi connectivity index (χ1n) is 6.27. The molecule has 0 aliphatic carbocycles. The van der Waals surface area contributed by atoms with Crippen LogP contribution in [0.15, 0.2) is 0 Å². The van der Waals surface area contributed by atoms with Gasteiger partial charge in [0.05, 0.1) is 5.21 Å². The van der Waals surface area contributed by atoms with Gasteiger partial charge >= 0.3 is 5.82 Å². The summed E-state index contributed by atoms with van der Waals surface area (Å²) in [5.74, 6) is -0.0812. The molecule has 0 fully saturated rings. The third-order valence-electron chi connectivity index (χ3n) is 2.70. The van der Waals surface area contributed by atoms with E-state index < -0.39 is 4.92 Å². The van der Waals surface area contributed by atoms with E-state index in [1.165, 1.54) is 12.8 Å². The van der Waals surface area contributed by atoms with Crippen LogP contribution in [0.3, 0.4) is 0 Å². The van der Waals surface area contributed by atoms with Crippen LogP contribution in [0.2, 0.25) is 0 Å². The summed E-state index contributed by atoms with van der Waals surface area (Å²) in [5.41, 5.74) is 0.661. The predicted octanol–water partition coefficient (Wildman–Crippen LogP) is 2.72. The van der Waals surface area contributed by atoms with E-state index in [9.17, 15) is 10.1 Å². The van der Waals surface area contributed by atoms with Crippen molar-refractivity contribution >= 4 is 5.82 Å². The average molecular weight is 240 g/mol. The maximum Gasteiger partial charge on any atom is 0.413 e. The van der Waals surface area contributed by atoms with Gasteiger partial charge in [-0.25, -0.2) is 4.68 Å². The Hall–Kier alpha value is -1.46. The normalized spacial score (nSPS) is 10.7. The molecule has 0 unspecified atom stereocenters. The minimum absolute atomic E-state index is 0.0812. The number of aromatic nitrogens is 3. The summed E-state index contributed by atoms with van der Waals surface area (Å²) in [6.45, 7) is 4.89. The van der Waals surface area contributed by atoms with Crippen molar-refractivity contribution in [2.45, 2.75) is 58.9 Å². The van der Waals surface area contributed by atoms with E-state index in [4.69, 9.17) is 0 Å². The lowest BCUT2D eigenvalue weighted by molar-refractivity contribution is -0.390. The SMILES string of the molecule is CCCCCCn1nnc([N+](=O)[O-])c1CCC. The van der Waals surface area contributed by atoms with Crippen molar-refractivity contribution in [3.05, 3.63) is 15.8 Å². The molecule has 6 heteroatoms. The first kappa shape index (κ1) is 13.6. The minimum atomic E-state index is -0.444. The molecule has 0 N–H and O–H groups in total. The van der Waals surface area contributed by atoms with Crippen molar-refractivity contribution in [2.75, 3.05) is 0 Å². The van der Waals surface area contributed by atoms with Crippen LogP contribution >= 0.6 is 0 Å². The monoisotopic (exact) mass is 240 g/mol. The number of unbranched alkanes of at least 4 members (excludes halogenated alkanes) is 3. The number of aryl methyl sites for hydroxylation is 1. The van der Waals surface area contributed by atoms with Gasteiger partial charge < -0.3 is 10.1 Å². The molecule has 0 aromatic carbocycles. The summed E-state index contributed by atoms with van der Waals surface area (Å²) in [6.07, 6.45) is 6.04. The lowest BCUT2D eigenvalue weighted by Crippen LogP contribution is -2.06. The van der Waals surface area contributed by atoms with Crippen molar-refractivity contribution in [1.82, 2.24) is 15.0 Å². The number of hydrogen-bond acceptors (Lipinski definition) is 4. The van der Waals surface area contributed by atoms with Gasteiger partial charge in [-0.3, -0.25) is 0 Å². The van der Waals surface area contributed by atoms with Crippen LogP contribution in [0.1, 0.15) is 51.6 Å². The molecule has 1 aromatic rings. The highest BCUT2D eigenvalue weighted by atomic mass is 16.6. The van der Waals surface area contributed by atoms with E-state index in [1.807, 2.05) is 6.92 Å². The zero-order valence-electron chi connectivity index (χ0n) is 10.6. The molecule has 0 aliphatic rings. The molecule has 1 aromatic heterocycles. The van der Waals surface area contributed by atoms with Gasteiger partial charge in [0.15, 0.2) is 0 Å². The fraction of sp³-hybridized carbons (Fsp3) is 0.818. The Balaban J connectivity index is 2.67. The van der Waals surface area contributed by atoms with E-state index >= 15 is 0 Å². The molecule has 1 rings (SSSR count). The molecule has 0 saturated carbocycles. The topological polar surface area (TPSA) is 73.8 Å². The van der Waals surface area contributed by atoms with Gasteiger partial charge in [-0.15, -0.1) is 0 Å². The second-order valence-corrected chi connectivity index (χ2v) is 4.15. The van der Waals surface area contributed by atoms with Crippen molar-refractivity contribution in [3.63, 3.8) is 0 Å².